The summed E-state index contributed by atoms with van der Waals surface area (Å²) in [6.45, 7) is 7.72. The number of hydrogen-bond acceptors (Lipinski definition) is 9. The van der Waals surface area contributed by atoms with Crippen LogP contribution in [0.15, 0.2) is 24.4 Å². The van der Waals surface area contributed by atoms with E-state index in [2.05, 4.69) is 25.2 Å². The van der Waals surface area contributed by atoms with Crippen LogP contribution < -0.4 is 10.6 Å². The molecule has 12 nitrogen and oxygen atoms in total. The van der Waals surface area contributed by atoms with Crippen LogP contribution >= 0.6 is 0 Å². The number of pyridine rings is 1. The van der Waals surface area contributed by atoms with Gasteiger partial charge >= 0.3 is 5.97 Å². The van der Waals surface area contributed by atoms with E-state index >= 15 is 0 Å². The quantitative estimate of drug-likeness (QED) is 0.402. The average molecular weight is 603 g/mol. The van der Waals surface area contributed by atoms with Crippen LogP contribution in [0.25, 0.3) is 11.0 Å². The topological polar surface area (TPSA) is 135 Å². The van der Waals surface area contributed by atoms with E-state index in [0.717, 1.165) is 43.9 Å². The highest BCUT2D eigenvalue weighted by molar-refractivity contribution is 5.99. The summed E-state index contributed by atoms with van der Waals surface area (Å²) < 4.78 is 7.79. The molecule has 2 N–H and O–H groups in total. The number of amides is 2. The Labute approximate surface area is 257 Å². The molecule has 3 atom stereocenters. The second-order valence-corrected chi connectivity index (χ2v) is 13.4. The molecule has 1 aliphatic carbocycles. The summed E-state index contributed by atoms with van der Waals surface area (Å²) in [5.74, 6) is 0.159. The Kier molecular flexibility index (Phi) is 7.81. The van der Waals surface area contributed by atoms with Gasteiger partial charge in [0.25, 0.3) is 11.8 Å². The lowest BCUT2D eigenvalue weighted by atomic mass is 10.0. The van der Waals surface area contributed by atoms with E-state index < -0.39 is 17.6 Å². The fourth-order valence-corrected chi connectivity index (χ4v) is 6.79. The van der Waals surface area contributed by atoms with Crippen LogP contribution in [-0.4, -0.2) is 91.5 Å². The summed E-state index contributed by atoms with van der Waals surface area (Å²) in [7, 11) is 3.51. The van der Waals surface area contributed by atoms with E-state index in [1.54, 1.807) is 49.1 Å². The molecule has 44 heavy (non-hydrogen) atoms. The third kappa shape index (κ3) is 5.74. The summed E-state index contributed by atoms with van der Waals surface area (Å²) in [4.78, 5) is 57.4. The van der Waals surface area contributed by atoms with Gasteiger partial charge in [0, 0.05) is 50.3 Å². The van der Waals surface area contributed by atoms with Crippen molar-refractivity contribution >= 4 is 40.6 Å². The molecule has 5 heterocycles. The van der Waals surface area contributed by atoms with E-state index in [9.17, 15) is 14.4 Å². The van der Waals surface area contributed by atoms with Gasteiger partial charge in [-0.15, -0.1) is 0 Å². The number of piperazine rings is 1. The van der Waals surface area contributed by atoms with Crippen LogP contribution in [-0.2, 0) is 9.53 Å². The minimum absolute atomic E-state index is 0.0617. The van der Waals surface area contributed by atoms with Crippen LogP contribution in [0.5, 0.6) is 0 Å². The number of carbonyl (C=O) groups excluding carboxylic acids is 3. The highest BCUT2D eigenvalue weighted by atomic mass is 16.6. The van der Waals surface area contributed by atoms with Crippen molar-refractivity contribution in [2.45, 2.75) is 96.0 Å². The molecule has 3 aliphatic rings. The molecular formula is C32H42N8O4. The molecule has 3 aromatic rings. The second kappa shape index (κ2) is 11.5. The van der Waals surface area contributed by atoms with Gasteiger partial charge in [0.2, 0.25) is 5.95 Å². The Morgan fingerprint density at radius 1 is 1.07 bits per heavy atom. The average Bonchev–Trinajstić information content (AvgIpc) is 3.70. The van der Waals surface area contributed by atoms with Crippen molar-refractivity contribution in [2.24, 2.45) is 0 Å². The number of rotatable bonds is 6. The lowest BCUT2D eigenvalue weighted by molar-refractivity contribution is -0.162. The summed E-state index contributed by atoms with van der Waals surface area (Å²) in [6.07, 6.45) is 7.71. The molecular weight excluding hydrogens is 560 g/mol. The first-order valence-corrected chi connectivity index (χ1v) is 15.5. The molecule has 3 fully saturated rings. The maximum absolute atomic E-state index is 13.9. The SMILES string of the molecule is Cc1nc(Nc2ncc3cc(C(=O)N(C)C)n(C4CCCC4)c3n2)ccc1C(=O)N1CC2CCC(N2)C1C(=O)OC(C)(C)C. The Balaban J connectivity index is 1.26. The maximum atomic E-state index is 13.9. The summed E-state index contributed by atoms with van der Waals surface area (Å²) in [5, 5.41) is 7.48. The Morgan fingerprint density at radius 2 is 1.82 bits per heavy atom. The number of aryl methyl sites for hydroxylation is 1. The molecule has 2 aliphatic heterocycles. The Hall–Kier alpha value is -4.06. The van der Waals surface area contributed by atoms with E-state index in [1.165, 1.54) is 0 Å². The van der Waals surface area contributed by atoms with Gasteiger partial charge in [0.15, 0.2) is 0 Å². The van der Waals surface area contributed by atoms with E-state index in [-0.39, 0.29) is 29.9 Å². The van der Waals surface area contributed by atoms with Crippen LogP contribution in [0, 0.1) is 6.92 Å². The predicted molar refractivity (Wildman–Crippen MR) is 166 cm³/mol. The molecule has 0 spiro atoms. The first-order chi connectivity index (χ1) is 20.9. The third-order valence-electron chi connectivity index (χ3n) is 8.77. The number of aromatic nitrogens is 4. The number of likely N-dealkylation sites (tertiary alicyclic amines) is 1. The number of nitrogens with zero attached hydrogens (tertiary/aromatic N) is 6. The van der Waals surface area contributed by atoms with Crippen LogP contribution in [0.2, 0.25) is 0 Å². The van der Waals surface area contributed by atoms with Gasteiger partial charge in [-0.05, 0) is 71.6 Å². The van der Waals surface area contributed by atoms with Gasteiger partial charge in [-0.1, -0.05) is 12.8 Å². The van der Waals surface area contributed by atoms with Crippen LogP contribution in [0.3, 0.4) is 0 Å². The Morgan fingerprint density at radius 3 is 2.50 bits per heavy atom. The molecule has 12 heteroatoms. The zero-order valence-corrected chi connectivity index (χ0v) is 26.4. The zero-order valence-electron chi connectivity index (χ0n) is 26.4. The number of anilines is 2. The summed E-state index contributed by atoms with van der Waals surface area (Å²) >= 11 is 0. The standard InChI is InChI=1S/C32H42N8O4/c1-18-22(28(41)39-17-20-11-13-23(35-20)26(39)30(43)44-32(2,3)4)12-14-25(34-18)36-31-33-16-19-15-24(29(42)38(5)6)40(27(19)37-31)21-9-7-8-10-21/h12,14-16,20-21,23,26,35H,7-11,13,17H2,1-6H3,(H,33,34,36,37). The highest BCUT2D eigenvalue weighted by Gasteiger charge is 2.47. The molecule has 0 radical (unpaired) electrons. The van der Waals surface area contributed by atoms with Gasteiger partial charge in [-0.3, -0.25) is 9.59 Å². The molecule has 0 aromatic carbocycles. The predicted octanol–water partition coefficient (Wildman–Crippen LogP) is 3.98. The number of nitrogens with one attached hydrogen (secondary N) is 2. The number of fused-ring (bicyclic) bond motifs is 3. The monoisotopic (exact) mass is 602 g/mol. The van der Waals surface area contributed by atoms with Crippen molar-refractivity contribution in [3.8, 4) is 0 Å². The summed E-state index contributed by atoms with van der Waals surface area (Å²) in [5.41, 5.74) is 1.64. The molecule has 2 amide bonds. The molecule has 3 unspecified atom stereocenters. The summed E-state index contributed by atoms with van der Waals surface area (Å²) in [6, 6.07) is 4.87. The van der Waals surface area contributed by atoms with E-state index in [1.807, 2.05) is 26.8 Å². The largest absolute Gasteiger partial charge is 0.458 e. The van der Waals surface area contributed by atoms with Crippen molar-refractivity contribution in [1.82, 2.24) is 34.6 Å². The fourth-order valence-electron chi connectivity index (χ4n) is 6.79. The van der Waals surface area contributed by atoms with Gasteiger partial charge < -0.3 is 29.7 Å². The lowest BCUT2D eigenvalue weighted by Gasteiger charge is -2.40. The van der Waals surface area contributed by atoms with Crippen molar-refractivity contribution in [2.75, 3.05) is 26.0 Å². The third-order valence-corrected chi connectivity index (χ3v) is 8.77. The fraction of sp³-hybridized carbons (Fsp3) is 0.562. The minimum Gasteiger partial charge on any atom is -0.458 e. The number of ether oxygens (including phenoxy) is 1. The number of esters is 1. The van der Waals surface area contributed by atoms with Gasteiger partial charge in [0.1, 0.15) is 28.8 Å². The van der Waals surface area contributed by atoms with E-state index in [0.29, 0.717) is 40.9 Å². The van der Waals surface area contributed by atoms with Crippen LogP contribution in [0.1, 0.15) is 91.9 Å². The molecule has 1 saturated carbocycles. The molecule has 234 valence electrons. The highest BCUT2D eigenvalue weighted by Crippen LogP contribution is 2.35. The van der Waals surface area contributed by atoms with E-state index in [4.69, 9.17) is 9.72 Å². The van der Waals surface area contributed by atoms with Crippen LogP contribution in [0.4, 0.5) is 11.8 Å². The number of hydrogen-bond donors (Lipinski definition) is 2. The maximum Gasteiger partial charge on any atom is 0.331 e. The molecule has 3 aromatic heterocycles. The first kappa shape index (κ1) is 30.0. The first-order valence-electron chi connectivity index (χ1n) is 15.5. The minimum atomic E-state index is -0.696. The molecule has 6 rings (SSSR count). The van der Waals surface area contributed by atoms with Crippen molar-refractivity contribution in [1.29, 1.82) is 0 Å². The molecule has 2 saturated heterocycles. The zero-order chi connectivity index (χ0) is 31.3. The van der Waals surface area contributed by atoms with Crippen molar-refractivity contribution in [3.05, 3.63) is 41.3 Å². The smallest absolute Gasteiger partial charge is 0.331 e. The second-order valence-electron chi connectivity index (χ2n) is 13.4. The van der Waals surface area contributed by atoms with Gasteiger partial charge in [-0.25, -0.2) is 14.8 Å². The molecule has 2 bridgehead atoms. The Bertz CT molecular complexity index is 1600. The van der Waals surface area contributed by atoms with Gasteiger partial charge in [0.05, 0.1) is 11.3 Å². The normalized spacial score (nSPS) is 22.0. The lowest BCUT2D eigenvalue weighted by Crippen LogP contribution is -2.63. The van der Waals surface area contributed by atoms with Crippen molar-refractivity contribution < 1.29 is 19.1 Å². The van der Waals surface area contributed by atoms with Crippen molar-refractivity contribution in [3.63, 3.8) is 0 Å². The van der Waals surface area contributed by atoms with Gasteiger partial charge in [-0.2, -0.15) is 4.98 Å². The number of carbonyl (C=O) groups is 3.